The highest BCUT2D eigenvalue weighted by Crippen LogP contribution is 2.20. The number of hydrogen-bond acceptors (Lipinski definition) is 3. The average Bonchev–Trinajstić information content (AvgIpc) is 2.44. The van der Waals surface area contributed by atoms with Crippen molar-refractivity contribution in [2.75, 3.05) is 13.2 Å². The number of nitrogens with zero attached hydrogens (tertiary/aromatic N) is 1. The average molecular weight is 326 g/mol. The molecule has 22 heavy (non-hydrogen) atoms. The third-order valence-corrected chi connectivity index (χ3v) is 3.36. The second-order valence-electron chi connectivity index (χ2n) is 6.16. The zero-order valence-corrected chi connectivity index (χ0v) is 14.4. The van der Waals surface area contributed by atoms with Crippen LogP contribution in [-0.2, 0) is 20.9 Å². The molecule has 0 saturated carbocycles. The van der Waals surface area contributed by atoms with Crippen molar-refractivity contribution < 1.29 is 14.3 Å². The third-order valence-electron chi connectivity index (χ3n) is 3.11. The maximum Gasteiger partial charge on any atom is 0.307 e. The van der Waals surface area contributed by atoms with Crippen LogP contribution in [0.2, 0.25) is 5.02 Å². The van der Waals surface area contributed by atoms with Gasteiger partial charge in [-0.25, -0.2) is 0 Å². The van der Waals surface area contributed by atoms with Crippen LogP contribution in [-0.4, -0.2) is 29.9 Å². The van der Waals surface area contributed by atoms with Gasteiger partial charge in [-0.05, 0) is 24.6 Å². The van der Waals surface area contributed by atoms with Crippen molar-refractivity contribution in [3.05, 3.63) is 34.9 Å². The molecule has 1 rings (SSSR count). The number of halogens is 1. The van der Waals surface area contributed by atoms with Crippen molar-refractivity contribution in [3.63, 3.8) is 0 Å². The maximum atomic E-state index is 12.6. The molecule has 0 unspecified atom stereocenters. The van der Waals surface area contributed by atoms with Crippen molar-refractivity contribution in [3.8, 4) is 0 Å². The predicted molar refractivity (Wildman–Crippen MR) is 87.6 cm³/mol. The largest absolute Gasteiger partial charge is 0.466 e. The number of carbonyl (C=O) groups excluding carboxylic acids is 2. The number of esters is 1. The standard InChI is InChI=1S/C17H24ClNO3/c1-5-22-15(20)10-11-19(16(21)17(2,3)4)12-13-6-8-14(18)9-7-13/h6-9H,5,10-12H2,1-4H3. The molecule has 0 aliphatic carbocycles. The van der Waals surface area contributed by atoms with Gasteiger partial charge in [-0.2, -0.15) is 0 Å². The molecule has 0 atom stereocenters. The van der Waals surface area contributed by atoms with E-state index < -0.39 is 5.41 Å². The smallest absolute Gasteiger partial charge is 0.307 e. The lowest BCUT2D eigenvalue weighted by molar-refractivity contribution is -0.145. The normalized spacial score (nSPS) is 11.1. The summed E-state index contributed by atoms with van der Waals surface area (Å²) in [5.74, 6) is -0.280. The van der Waals surface area contributed by atoms with Crippen LogP contribution in [0.5, 0.6) is 0 Å². The van der Waals surface area contributed by atoms with Crippen LogP contribution in [0.1, 0.15) is 39.7 Å². The summed E-state index contributed by atoms with van der Waals surface area (Å²) in [5, 5.41) is 0.656. The molecule has 0 aromatic heterocycles. The van der Waals surface area contributed by atoms with Gasteiger partial charge in [-0.3, -0.25) is 9.59 Å². The summed E-state index contributed by atoms with van der Waals surface area (Å²) in [5.41, 5.74) is 0.479. The molecule has 0 heterocycles. The van der Waals surface area contributed by atoms with Gasteiger partial charge in [0.1, 0.15) is 0 Å². The summed E-state index contributed by atoms with van der Waals surface area (Å²) in [6, 6.07) is 7.36. The zero-order chi connectivity index (χ0) is 16.8. The van der Waals surface area contributed by atoms with E-state index in [1.807, 2.05) is 32.9 Å². The number of amides is 1. The Labute approximate surface area is 137 Å². The molecule has 0 bridgehead atoms. The SMILES string of the molecule is CCOC(=O)CCN(Cc1ccc(Cl)cc1)C(=O)C(C)(C)C. The topological polar surface area (TPSA) is 46.6 Å². The van der Waals surface area contributed by atoms with E-state index in [-0.39, 0.29) is 18.3 Å². The lowest BCUT2D eigenvalue weighted by atomic mass is 9.94. The molecule has 0 N–H and O–H groups in total. The number of ether oxygens (including phenoxy) is 1. The molecule has 0 fully saturated rings. The maximum absolute atomic E-state index is 12.6. The van der Waals surface area contributed by atoms with E-state index in [0.717, 1.165) is 5.56 Å². The van der Waals surface area contributed by atoms with Gasteiger partial charge >= 0.3 is 5.97 Å². The van der Waals surface area contributed by atoms with E-state index in [1.165, 1.54) is 0 Å². The summed E-state index contributed by atoms with van der Waals surface area (Å²) in [7, 11) is 0. The van der Waals surface area contributed by atoms with E-state index in [4.69, 9.17) is 16.3 Å². The molecule has 1 aromatic carbocycles. The quantitative estimate of drug-likeness (QED) is 0.750. The van der Waals surface area contributed by atoms with Gasteiger partial charge in [0.25, 0.3) is 0 Å². The summed E-state index contributed by atoms with van der Waals surface area (Å²) in [6.45, 7) is 8.52. The fourth-order valence-electron chi connectivity index (χ4n) is 2.00. The lowest BCUT2D eigenvalue weighted by Gasteiger charge is -2.29. The van der Waals surface area contributed by atoms with E-state index in [2.05, 4.69) is 0 Å². The molecule has 0 aliphatic heterocycles. The highest BCUT2D eigenvalue weighted by molar-refractivity contribution is 6.30. The van der Waals surface area contributed by atoms with Crippen LogP contribution in [0.4, 0.5) is 0 Å². The Kier molecular flexibility index (Phi) is 6.88. The van der Waals surface area contributed by atoms with Gasteiger partial charge in [0.05, 0.1) is 13.0 Å². The van der Waals surface area contributed by atoms with Crippen molar-refractivity contribution in [2.24, 2.45) is 5.41 Å². The number of rotatable bonds is 6. The monoisotopic (exact) mass is 325 g/mol. The Morgan fingerprint density at radius 3 is 2.27 bits per heavy atom. The first-order chi connectivity index (χ1) is 10.2. The molecule has 0 radical (unpaired) electrons. The molecule has 1 aromatic rings. The Hall–Kier alpha value is -1.55. The van der Waals surface area contributed by atoms with Crippen molar-refractivity contribution in [1.82, 2.24) is 4.90 Å². The summed E-state index contributed by atoms with van der Waals surface area (Å²) >= 11 is 5.88. The molecular formula is C17H24ClNO3. The summed E-state index contributed by atoms with van der Waals surface area (Å²) < 4.78 is 4.93. The first kappa shape index (κ1) is 18.5. The number of hydrogen-bond donors (Lipinski definition) is 0. The lowest BCUT2D eigenvalue weighted by Crippen LogP contribution is -2.40. The summed E-state index contributed by atoms with van der Waals surface area (Å²) in [6.07, 6.45) is 0.198. The van der Waals surface area contributed by atoms with Gasteiger partial charge in [-0.15, -0.1) is 0 Å². The third kappa shape index (κ3) is 6.06. The van der Waals surface area contributed by atoms with Crippen LogP contribution < -0.4 is 0 Å². The minimum Gasteiger partial charge on any atom is -0.466 e. The second kappa shape index (κ2) is 8.18. The summed E-state index contributed by atoms with van der Waals surface area (Å²) in [4.78, 5) is 25.8. The molecular weight excluding hydrogens is 302 g/mol. The van der Waals surface area contributed by atoms with E-state index >= 15 is 0 Å². The van der Waals surface area contributed by atoms with Crippen molar-refractivity contribution >= 4 is 23.5 Å². The Morgan fingerprint density at radius 1 is 1.18 bits per heavy atom. The minimum atomic E-state index is -0.499. The van der Waals surface area contributed by atoms with Crippen LogP contribution in [0.3, 0.4) is 0 Å². The Morgan fingerprint density at radius 2 is 1.77 bits per heavy atom. The molecule has 0 aliphatic rings. The molecule has 5 heteroatoms. The van der Waals surface area contributed by atoms with E-state index in [9.17, 15) is 9.59 Å². The van der Waals surface area contributed by atoms with E-state index in [1.54, 1.807) is 24.0 Å². The van der Waals surface area contributed by atoms with Crippen LogP contribution in [0, 0.1) is 5.41 Å². The highest BCUT2D eigenvalue weighted by atomic mass is 35.5. The van der Waals surface area contributed by atoms with Gasteiger partial charge in [0, 0.05) is 23.5 Å². The minimum absolute atomic E-state index is 0.00625. The highest BCUT2D eigenvalue weighted by Gasteiger charge is 2.27. The predicted octanol–water partition coefficient (Wildman–Crippen LogP) is 3.67. The van der Waals surface area contributed by atoms with Crippen molar-refractivity contribution in [1.29, 1.82) is 0 Å². The fourth-order valence-corrected chi connectivity index (χ4v) is 2.12. The zero-order valence-electron chi connectivity index (χ0n) is 13.7. The first-order valence-electron chi connectivity index (χ1n) is 7.43. The molecule has 1 amide bonds. The van der Waals surface area contributed by atoms with E-state index in [0.29, 0.717) is 24.7 Å². The Balaban J connectivity index is 2.79. The molecule has 122 valence electrons. The first-order valence-corrected chi connectivity index (χ1v) is 7.81. The molecule has 4 nitrogen and oxygen atoms in total. The van der Waals surface area contributed by atoms with Crippen molar-refractivity contribution in [2.45, 2.75) is 40.7 Å². The Bertz CT molecular complexity index is 506. The molecule has 0 saturated heterocycles. The van der Waals surface area contributed by atoms with Crippen LogP contribution in [0.25, 0.3) is 0 Å². The van der Waals surface area contributed by atoms with Gasteiger partial charge < -0.3 is 9.64 Å². The second-order valence-corrected chi connectivity index (χ2v) is 6.59. The van der Waals surface area contributed by atoms with Gasteiger partial charge in [0.15, 0.2) is 0 Å². The fraction of sp³-hybridized carbons (Fsp3) is 0.529. The van der Waals surface area contributed by atoms with Crippen LogP contribution in [0.15, 0.2) is 24.3 Å². The number of benzene rings is 1. The number of carbonyl (C=O) groups is 2. The van der Waals surface area contributed by atoms with Gasteiger partial charge in [-0.1, -0.05) is 44.5 Å². The van der Waals surface area contributed by atoms with Gasteiger partial charge in [0.2, 0.25) is 5.91 Å². The van der Waals surface area contributed by atoms with Crippen LogP contribution >= 0.6 is 11.6 Å². The molecule has 0 spiro atoms.